The van der Waals surface area contributed by atoms with Crippen LogP contribution in [0.25, 0.3) is 11.3 Å². The highest BCUT2D eigenvalue weighted by Crippen LogP contribution is 2.30. The van der Waals surface area contributed by atoms with Crippen molar-refractivity contribution in [3.8, 4) is 11.3 Å². The molecule has 4 nitrogen and oxygen atoms in total. The van der Waals surface area contributed by atoms with Crippen molar-refractivity contribution in [2.75, 3.05) is 11.1 Å². The lowest BCUT2D eigenvalue weighted by Gasteiger charge is -2.08. The lowest BCUT2D eigenvalue weighted by atomic mass is 10.1. The van der Waals surface area contributed by atoms with Crippen molar-refractivity contribution in [2.45, 2.75) is 24.5 Å². The third-order valence-corrected chi connectivity index (χ3v) is 5.07. The smallest absolute Gasteiger partial charge is 0.325 e. The monoisotopic (exact) mass is 417 g/mol. The van der Waals surface area contributed by atoms with Gasteiger partial charge < -0.3 is 5.32 Å². The number of hydrogen-bond acceptors (Lipinski definition) is 4. The molecule has 0 aliphatic carbocycles. The molecule has 1 N–H and O–H groups in total. The molecule has 0 saturated carbocycles. The number of nitrogens with one attached hydrogen (secondary N) is 1. The molecule has 0 fully saturated rings. The Hall–Kier alpha value is -2.87. The van der Waals surface area contributed by atoms with Gasteiger partial charge in [-0.1, -0.05) is 43.0 Å². The molecule has 0 spiro atoms. The first-order valence-electron chi connectivity index (χ1n) is 8.88. The number of carbonyl (C=O) groups is 1. The molecule has 1 amide bonds. The van der Waals surface area contributed by atoms with Gasteiger partial charge >= 0.3 is 6.18 Å². The molecular weight excluding hydrogens is 399 g/mol. The third-order valence-electron chi connectivity index (χ3n) is 4.15. The lowest BCUT2D eigenvalue weighted by molar-refractivity contribution is -0.137. The Kier molecular flexibility index (Phi) is 6.53. The summed E-state index contributed by atoms with van der Waals surface area (Å²) in [6.45, 7) is 2.09. The van der Waals surface area contributed by atoms with Crippen LogP contribution in [0.2, 0.25) is 0 Å². The molecule has 3 aromatic rings. The summed E-state index contributed by atoms with van der Waals surface area (Å²) in [7, 11) is 0. The van der Waals surface area contributed by atoms with E-state index in [9.17, 15) is 18.0 Å². The topological polar surface area (TPSA) is 54.9 Å². The molecule has 29 heavy (non-hydrogen) atoms. The number of thioether (sulfide) groups is 1. The van der Waals surface area contributed by atoms with Crippen molar-refractivity contribution in [3.05, 3.63) is 71.8 Å². The van der Waals surface area contributed by atoms with E-state index in [-0.39, 0.29) is 11.7 Å². The van der Waals surface area contributed by atoms with Crippen molar-refractivity contribution in [3.63, 3.8) is 0 Å². The normalized spacial score (nSPS) is 11.3. The Morgan fingerprint density at radius 1 is 0.966 bits per heavy atom. The minimum atomic E-state index is -4.40. The fourth-order valence-corrected chi connectivity index (χ4v) is 3.16. The molecule has 0 radical (unpaired) electrons. The van der Waals surface area contributed by atoms with Gasteiger partial charge in [0.05, 0.1) is 17.0 Å². The van der Waals surface area contributed by atoms with E-state index in [1.54, 1.807) is 6.07 Å². The Bertz CT molecular complexity index is 956. The standard InChI is InChI=1S/C21H18F3N3OS/c1-2-14-3-5-15(6-4-14)18-11-12-20(27-26-18)29-13-19(28)25-17-9-7-16(8-10-17)21(22,23)24/h3-12H,2,13H2,1H3,(H,25,28). The summed E-state index contributed by atoms with van der Waals surface area (Å²) in [5.41, 5.74) is 2.50. The number of aryl methyl sites for hydroxylation is 1. The van der Waals surface area contributed by atoms with Gasteiger partial charge in [0, 0.05) is 11.3 Å². The van der Waals surface area contributed by atoms with Gasteiger partial charge in [0.25, 0.3) is 0 Å². The zero-order valence-electron chi connectivity index (χ0n) is 15.5. The van der Waals surface area contributed by atoms with E-state index in [4.69, 9.17) is 0 Å². The highest BCUT2D eigenvalue weighted by Gasteiger charge is 2.29. The molecule has 1 aromatic heterocycles. The van der Waals surface area contributed by atoms with Crippen LogP contribution in [0, 0.1) is 0 Å². The van der Waals surface area contributed by atoms with E-state index in [1.165, 1.54) is 29.5 Å². The number of hydrogen-bond donors (Lipinski definition) is 1. The van der Waals surface area contributed by atoms with E-state index in [0.29, 0.717) is 10.7 Å². The Morgan fingerprint density at radius 3 is 2.21 bits per heavy atom. The number of amides is 1. The van der Waals surface area contributed by atoms with Gasteiger partial charge in [0.1, 0.15) is 5.03 Å². The fourth-order valence-electron chi connectivity index (χ4n) is 2.54. The maximum absolute atomic E-state index is 12.6. The van der Waals surface area contributed by atoms with Gasteiger partial charge in [-0.05, 0) is 48.4 Å². The molecule has 0 saturated heterocycles. The number of benzene rings is 2. The maximum atomic E-state index is 12.6. The van der Waals surface area contributed by atoms with Gasteiger partial charge in [0.2, 0.25) is 5.91 Å². The zero-order chi connectivity index (χ0) is 20.9. The van der Waals surface area contributed by atoms with Crippen LogP contribution in [0.5, 0.6) is 0 Å². The quantitative estimate of drug-likeness (QED) is 0.542. The van der Waals surface area contributed by atoms with Crippen molar-refractivity contribution in [2.24, 2.45) is 0 Å². The van der Waals surface area contributed by atoms with Gasteiger partial charge in [-0.25, -0.2) is 0 Å². The summed E-state index contributed by atoms with van der Waals surface area (Å²) in [5, 5.41) is 11.5. The van der Waals surface area contributed by atoms with E-state index in [0.717, 1.165) is 29.8 Å². The van der Waals surface area contributed by atoms with Crippen molar-refractivity contribution >= 4 is 23.4 Å². The molecule has 0 aliphatic rings. The number of nitrogens with zero attached hydrogens (tertiary/aromatic N) is 2. The molecule has 0 bridgehead atoms. The van der Waals surface area contributed by atoms with Crippen LogP contribution < -0.4 is 5.32 Å². The van der Waals surface area contributed by atoms with E-state index < -0.39 is 11.7 Å². The lowest BCUT2D eigenvalue weighted by Crippen LogP contribution is -2.14. The second-order valence-electron chi connectivity index (χ2n) is 6.22. The van der Waals surface area contributed by atoms with Gasteiger partial charge in [0.15, 0.2) is 0 Å². The van der Waals surface area contributed by atoms with Crippen LogP contribution >= 0.6 is 11.8 Å². The van der Waals surface area contributed by atoms with Crippen LogP contribution in [0.4, 0.5) is 18.9 Å². The van der Waals surface area contributed by atoms with Crippen LogP contribution in [-0.4, -0.2) is 21.9 Å². The Balaban J connectivity index is 1.53. The molecule has 2 aromatic carbocycles. The van der Waals surface area contributed by atoms with Gasteiger partial charge in [-0.2, -0.15) is 13.2 Å². The molecular formula is C21H18F3N3OS. The summed E-state index contributed by atoms with van der Waals surface area (Å²) in [4.78, 5) is 12.0. The highest BCUT2D eigenvalue weighted by molar-refractivity contribution is 7.99. The van der Waals surface area contributed by atoms with Gasteiger partial charge in [-0.15, -0.1) is 10.2 Å². The minimum absolute atomic E-state index is 0.0697. The average Bonchev–Trinajstić information content (AvgIpc) is 2.72. The largest absolute Gasteiger partial charge is 0.416 e. The second kappa shape index (κ2) is 9.09. The molecule has 150 valence electrons. The van der Waals surface area contributed by atoms with Crippen LogP contribution in [0.3, 0.4) is 0 Å². The molecule has 8 heteroatoms. The van der Waals surface area contributed by atoms with Crippen LogP contribution in [-0.2, 0) is 17.4 Å². The SMILES string of the molecule is CCc1ccc(-c2ccc(SCC(=O)Nc3ccc(C(F)(F)F)cc3)nn2)cc1. The first-order valence-corrected chi connectivity index (χ1v) is 9.86. The Morgan fingerprint density at radius 2 is 1.66 bits per heavy atom. The zero-order valence-corrected chi connectivity index (χ0v) is 16.3. The van der Waals surface area contributed by atoms with E-state index >= 15 is 0 Å². The summed E-state index contributed by atoms with van der Waals surface area (Å²) in [5.74, 6) is -0.268. The predicted octanol–water partition coefficient (Wildman–Crippen LogP) is 5.46. The minimum Gasteiger partial charge on any atom is -0.325 e. The first-order chi connectivity index (χ1) is 13.8. The summed E-state index contributed by atoms with van der Waals surface area (Å²) >= 11 is 1.20. The van der Waals surface area contributed by atoms with Crippen molar-refractivity contribution in [1.29, 1.82) is 0 Å². The molecule has 3 rings (SSSR count). The number of alkyl halides is 3. The summed E-state index contributed by atoms with van der Waals surface area (Å²) in [6.07, 6.45) is -3.43. The van der Waals surface area contributed by atoms with Crippen molar-refractivity contribution in [1.82, 2.24) is 10.2 Å². The van der Waals surface area contributed by atoms with Crippen molar-refractivity contribution < 1.29 is 18.0 Å². The third kappa shape index (κ3) is 5.80. The average molecular weight is 417 g/mol. The predicted molar refractivity (Wildman–Crippen MR) is 108 cm³/mol. The van der Waals surface area contributed by atoms with Gasteiger partial charge in [-0.3, -0.25) is 4.79 Å². The fraction of sp³-hybridized carbons (Fsp3) is 0.190. The molecule has 0 aliphatic heterocycles. The number of halogens is 3. The number of aromatic nitrogens is 2. The highest BCUT2D eigenvalue weighted by atomic mass is 32.2. The summed E-state index contributed by atoms with van der Waals surface area (Å²) in [6, 6.07) is 16.0. The molecule has 1 heterocycles. The molecule has 0 unspecified atom stereocenters. The van der Waals surface area contributed by atoms with E-state index in [2.05, 4.69) is 22.4 Å². The van der Waals surface area contributed by atoms with Crippen LogP contribution in [0.15, 0.2) is 65.7 Å². The van der Waals surface area contributed by atoms with E-state index in [1.807, 2.05) is 30.3 Å². The number of carbonyl (C=O) groups excluding carboxylic acids is 1. The maximum Gasteiger partial charge on any atom is 0.416 e. The first kappa shape index (κ1) is 20.9. The summed E-state index contributed by atoms with van der Waals surface area (Å²) < 4.78 is 37.7. The van der Waals surface area contributed by atoms with Crippen LogP contribution in [0.1, 0.15) is 18.1 Å². The second-order valence-corrected chi connectivity index (χ2v) is 7.21. The Labute approximate surface area is 170 Å². The molecule has 0 atom stereocenters. The number of anilines is 1. The number of rotatable bonds is 6.